The summed E-state index contributed by atoms with van der Waals surface area (Å²) in [4.78, 5) is 5.72. The summed E-state index contributed by atoms with van der Waals surface area (Å²) in [5.41, 5.74) is 2.53. The molecule has 2 N–H and O–H groups in total. The summed E-state index contributed by atoms with van der Waals surface area (Å²) in [6.45, 7) is 2.92. The number of H-pyrrole nitrogens is 1. The first kappa shape index (κ1) is 20.3. The van der Waals surface area contributed by atoms with Gasteiger partial charge in [-0.3, -0.25) is 0 Å². The molecule has 1 aliphatic rings. The van der Waals surface area contributed by atoms with Crippen molar-refractivity contribution in [3.63, 3.8) is 0 Å². The van der Waals surface area contributed by atoms with Crippen molar-refractivity contribution in [2.24, 2.45) is 0 Å². The van der Waals surface area contributed by atoms with Crippen LogP contribution in [0.3, 0.4) is 0 Å². The van der Waals surface area contributed by atoms with Crippen molar-refractivity contribution in [3.8, 4) is 11.5 Å². The minimum Gasteiger partial charge on any atom is -0.497 e. The Morgan fingerprint density at radius 3 is 2.59 bits per heavy atom. The molecule has 1 unspecified atom stereocenters. The van der Waals surface area contributed by atoms with Crippen LogP contribution in [-0.4, -0.2) is 54.4 Å². The number of benzene rings is 2. The molecule has 1 aromatic heterocycles. The lowest BCUT2D eigenvalue weighted by atomic mass is 9.89. The Bertz CT molecular complexity index is 933. The maximum absolute atomic E-state index is 10.4. The molecule has 1 fully saturated rings. The highest BCUT2D eigenvalue weighted by Gasteiger charge is 2.24. The van der Waals surface area contributed by atoms with Crippen LogP contribution in [0.4, 0.5) is 0 Å². The van der Waals surface area contributed by atoms with E-state index in [2.05, 4.69) is 44.1 Å². The number of rotatable bonds is 7. The predicted molar refractivity (Wildman–Crippen MR) is 119 cm³/mol. The maximum atomic E-state index is 10.4. The van der Waals surface area contributed by atoms with Crippen LogP contribution in [0.2, 0.25) is 0 Å². The van der Waals surface area contributed by atoms with E-state index in [1.54, 1.807) is 7.11 Å². The number of hydrogen-bond acceptors (Lipinski definition) is 4. The van der Waals surface area contributed by atoms with Crippen LogP contribution < -0.4 is 9.47 Å². The Morgan fingerprint density at radius 2 is 1.86 bits per heavy atom. The molecule has 1 atom stereocenters. The van der Waals surface area contributed by atoms with Crippen molar-refractivity contribution < 1.29 is 14.6 Å². The molecule has 0 saturated carbocycles. The van der Waals surface area contributed by atoms with Crippen LogP contribution in [0.15, 0.2) is 53.1 Å². The van der Waals surface area contributed by atoms with Crippen molar-refractivity contribution in [2.75, 3.05) is 33.4 Å². The summed E-state index contributed by atoms with van der Waals surface area (Å²) in [5.74, 6) is 2.20. The van der Waals surface area contributed by atoms with E-state index in [0.29, 0.717) is 19.1 Å². The van der Waals surface area contributed by atoms with Crippen LogP contribution in [0.1, 0.15) is 24.3 Å². The average Bonchev–Trinajstić information content (AvgIpc) is 3.17. The SMILES string of the molecule is COc1ccc2[nH]cc(C3CCN(CC(O)COc4ccc(Br)cc4)CC3)c2c1. The molecule has 0 spiro atoms. The van der Waals surface area contributed by atoms with Gasteiger partial charge in [0.25, 0.3) is 0 Å². The Kier molecular flexibility index (Phi) is 6.43. The van der Waals surface area contributed by atoms with E-state index >= 15 is 0 Å². The number of piperidine rings is 1. The van der Waals surface area contributed by atoms with Gasteiger partial charge in [0, 0.05) is 28.1 Å². The summed E-state index contributed by atoms with van der Waals surface area (Å²) < 4.78 is 12.1. The number of methoxy groups -OCH3 is 1. The van der Waals surface area contributed by atoms with Gasteiger partial charge in [0.1, 0.15) is 24.2 Å². The molecular formula is C23H27BrN2O3. The van der Waals surface area contributed by atoms with Gasteiger partial charge in [-0.2, -0.15) is 0 Å². The number of hydrogen-bond donors (Lipinski definition) is 2. The minimum atomic E-state index is -0.493. The van der Waals surface area contributed by atoms with Gasteiger partial charge in [0.05, 0.1) is 7.11 Å². The van der Waals surface area contributed by atoms with Gasteiger partial charge in [0.2, 0.25) is 0 Å². The lowest BCUT2D eigenvalue weighted by Crippen LogP contribution is -2.40. The van der Waals surface area contributed by atoms with Gasteiger partial charge >= 0.3 is 0 Å². The largest absolute Gasteiger partial charge is 0.497 e. The number of fused-ring (bicyclic) bond motifs is 1. The summed E-state index contributed by atoms with van der Waals surface area (Å²) in [5, 5.41) is 11.6. The first-order chi connectivity index (χ1) is 14.1. The highest BCUT2D eigenvalue weighted by Crippen LogP contribution is 2.34. The predicted octanol–water partition coefficient (Wildman–Crippen LogP) is 4.56. The molecule has 4 rings (SSSR count). The zero-order chi connectivity index (χ0) is 20.2. The molecule has 29 heavy (non-hydrogen) atoms. The molecule has 0 aliphatic carbocycles. The van der Waals surface area contributed by atoms with Crippen LogP contribution in [-0.2, 0) is 0 Å². The summed E-state index contributed by atoms with van der Waals surface area (Å²) in [6.07, 6.45) is 3.83. The van der Waals surface area contributed by atoms with Crippen molar-refractivity contribution in [2.45, 2.75) is 24.9 Å². The highest BCUT2D eigenvalue weighted by atomic mass is 79.9. The number of aliphatic hydroxyl groups excluding tert-OH is 1. The topological polar surface area (TPSA) is 57.7 Å². The lowest BCUT2D eigenvalue weighted by molar-refractivity contribution is 0.0595. The number of aliphatic hydroxyl groups is 1. The second kappa shape index (κ2) is 9.20. The van der Waals surface area contributed by atoms with E-state index in [4.69, 9.17) is 9.47 Å². The lowest BCUT2D eigenvalue weighted by Gasteiger charge is -2.33. The number of ether oxygens (including phenoxy) is 2. The van der Waals surface area contributed by atoms with Gasteiger partial charge in [-0.25, -0.2) is 0 Å². The Morgan fingerprint density at radius 1 is 1.14 bits per heavy atom. The third-order valence-corrected chi connectivity index (χ3v) is 6.20. The fourth-order valence-electron chi connectivity index (χ4n) is 4.09. The number of β-amino-alcohol motifs (C(OH)–C–C–N with tert-alkyl or cyclic N) is 1. The molecule has 3 aromatic rings. The molecule has 5 nitrogen and oxygen atoms in total. The normalized spacial score (nSPS) is 16.8. The number of nitrogens with one attached hydrogen (secondary N) is 1. The monoisotopic (exact) mass is 458 g/mol. The van der Waals surface area contributed by atoms with Gasteiger partial charge in [-0.1, -0.05) is 15.9 Å². The minimum absolute atomic E-state index is 0.309. The molecule has 6 heteroatoms. The smallest absolute Gasteiger partial charge is 0.119 e. The number of halogens is 1. The fraction of sp³-hybridized carbons (Fsp3) is 0.391. The standard InChI is InChI=1S/C23H27BrN2O3/c1-28-20-6-7-23-21(12-20)22(13-25-23)16-8-10-26(11-9-16)14-18(27)15-29-19-4-2-17(24)3-5-19/h2-7,12-13,16,18,25,27H,8-11,14-15H2,1H3. The van der Waals surface area contributed by atoms with E-state index in [1.165, 1.54) is 10.9 Å². The van der Waals surface area contributed by atoms with E-state index in [0.717, 1.165) is 47.4 Å². The summed E-state index contributed by atoms with van der Waals surface area (Å²) in [6, 6.07) is 13.9. The number of nitrogens with zero attached hydrogens (tertiary/aromatic N) is 1. The quantitative estimate of drug-likeness (QED) is 0.544. The molecule has 0 radical (unpaired) electrons. The molecular weight excluding hydrogens is 432 g/mol. The van der Waals surface area contributed by atoms with E-state index in [-0.39, 0.29) is 0 Å². The van der Waals surface area contributed by atoms with E-state index in [1.807, 2.05) is 30.3 Å². The van der Waals surface area contributed by atoms with E-state index < -0.39 is 6.10 Å². The second-order valence-electron chi connectivity index (χ2n) is 7.65. The maximum Gasteiger partial charge on any atom is 0.119 e. The van der Waals surface area contributed by atoms with Gasteiger partial charge in [-0.15, -0.1) is 0 Å². The molecule has 1 saturated heterocycles. The summed E-state index contributed by atoms with van der Waals surface area (Å²) in [7, 11) is 1.71. The van der Waals surface area contributed by atoms with Crippen molar-refractivity contribution in [3.05, 3.63) is 58.7 Å². The van der Waals surface area contributed by atoms with E-state index in [9.17, 15) is 5.11 Å². The molecule has 0 amide bonds. The van der Waals surface area contributed by atoms with Gasteiger partial charge in [0.15, 0.2) is 0 Å². The first-order valence-electron chi connectivity index (χ1n) is 10.1. The second-order valence-corrected chi connectivity index (χ2v) is 8.56. The van der Waals surface area contributed by atoms with Crippen LogP contribution in [0, 0.1) is 0 Å². The van der Waals surface area contributed by atoms with Crippen molar-refractivity contribution >= 4 is 26.8 Å². The molecule has 2 heterocycles. The Hall–Kier alpha value is -2.02. The zero-order valence-corrected chi connectivity index (χ0v) is 18.2. The van der Waals surface area contributed by atoms with Crippen LogP contribution >= 0.6 is 15.9 Å². The molecule has 0 bridgehead atoms. The van der Waals surface area contributed by atoms with Crippen molar-refractivity contribution in [1.82, 2.24) is 9.88 Å². The Labute approximate surface area is 179 Å². The van der Waals surface area contributed by atoms with Crippen molar-refractivity contribution in [1.29, 1.82) is 0 Å². The van der Waals surface area contributed by atoms with Crippen LogP contribution in [0.25, 0.3) is 10.9 Å². The fourth-order valence-corrected chi connectivity index (χ4v) is 4.35. The molecule has 1 aliphatic heterocycles. The van der Waals surface area contributed by atoms with Crippen LogP contribution in [0.5, 0.6) is 11.5 Å². The number of aromatic nitrogens is 1. The highest BCUT2D eigenvalue weighted by molar-refractivity contribution is 9.10. The van der Waals surface area contributed by atoms with Gasteiger partial charge in [-0.05, 0) is 79.9 Å². The first-order valence-corrected chi connectivity index (χ1v) is 10.9. The summed E-state index contributed by atoms with van der Waals surface area (Å²) >= 11 is 3.41. The number of likely N-dealkylation sites (tertiary alicyclic amines) is 1. The molecule has 154 valence electrons. The Balaban J connectivity index is 1.28. The third-order valence-electron chi connectivity index (χ3n) is 5.67. The number of aromatic amines is 1. The van der Waals surface area contributed by atoms with Gasteiger partial charge < -0.3 is 24.5 Å². The average molecular weight is 459 g/mol. The third kappa shape index (κ3) is 4.94. The zero-order valence-electron chi connectivity index (χ0n) is 16.6. The molecule has 2 aromatic carbocycles.